The number of hydrogen-bond donors (Lipinski definition) is 0. The Labute approximate surface area is 50.9 Å². The molecule has 0 radical (unpaired) electrons. The normalized spacial score (nSPS) is 18.9. The molecule has 1 saturated carbocycles. The van der Waals surface area contributed by atoms with Crippen LogP contribution in [0.3, 0.4) is 0 Å². The van der Waals surface area contributed by atoms with Gasteiger partial charge in [0.1, 0.15) is 0 Å². The van der Waals surface area contributed by atoms with Gasteiger partial charge in [-0.25, -0.2) is 0 Å². The predicted molar refractivity (Wildman–Crippen MR) is 36.7 cm³/mol. The third-order valence-corrected chi connectivity index (χ3v) is 1.52. The van der Waals surface area contributed by atoms with E-state index in [2.05, 4.69) is 25.2 Å². The van der Waals surface area contributed by atoms with Crippen molar-refractivity contribution in [2.24, 2.45) is 0 Å². The van der Waals surface area contributed by atoms with E-state index >= 15 is 0 Å². The molecule has 0 bridgehead atoms. The van der Waals surface area contributed by atoms with E-state index in [0.29, 0.717) is 0 Å². The third-order valence-electron chi connectivity index (χ3n) is 1.52. The molecule has 0 heteroatoms. The molecule has 0 atom stereocenters. The molecular weight excluding hydrogens is 96.1 g/mol. The summed E-state index contributed by atoms with van der Waals surface area (Å²) in [5, 5.41) is 0. The highest BCUT2D eigenvalue weighted by atomic mass is 14.1. The van der Waals surface area contributed by atoms with E-state index in [1.165, 1.54) is 19.3 Å². The third kappa shape index (κ3) is 1.22. The van der Waals surface area contributed by atoms with Crippen molar-refractivity contribution in [3.05, 3.63) is 23.8 Å². The lowest BCUT2D eigenvalue weighted by Crippen LogP contribution is -1.94. The molecule has 0 nitrogen and oxygen atoms in total. The number of rotatable bonds is 1. The molecule has 8 heavy (non-hydrogen) atoms. The van der Waals surface area contributed by atoms with Gasteiger partial charge in [0.15, 0.2) is 0 Å². The molecule has 0 aromatic heterocycles. The van der Waals surface area contributed by atoms with E-state index in [-0.39, 0.29) is 0 Å². The minimum atomic E-state index is 1.34. The van der Waals surface area contributed by atoms with Gasteiger partial charge in [0.05, 0.1) is 0 Å². The Morgan fingerprint density at radius 2 is 2.12 bits per heavy atom. The lowest BCUT2D eigenvalue weighted by molar-refractivity contribution is 0.663. The highest BCUT2D eigenvalue weighted by molar-refractivity contribution is 5.16. The highest BCUT2D eigenvalue weighted by Crippen LogP contribution is 2.24. The summed E-state index contributed by atoms with van der Waals surface area (Å²) in [4.78, 5) is 0. The summed E-state index contributed by atoms with van der Waals surface area (Å²) in [6, 6.07) is 0. The molecule has 0 amide bonds. The largest absolute Gasteiger partial charge is 0.0877 e. The molecule has 1 aliphatic carbocycles. The van der Waals surface area contributed by atoms with E-state index in [4.69, 9.17) is 0 Å². The number of allylic oxidation sites excluding steroid dienone is 4. The summed E-state index contributed by atoms with van der Waals surface area (Å²) in [5.74, 6) is 0. The van der Waals surface area contributed by atoms with Crippen molar-refractivity contribution in [2.45, 2.75) is 26.2 Å². The van der Waals surface area contributed by atoms with Crippen LogP contribution in [0.4, 0.5) is 0 Å². The fourth-order valence-electron chi connectivity index (χ4n) is 0.780. The van der Waals surface area contributed by atoms with Crippen LogP contribution in [0.1, 0.15) is 26.2 Å². The van der Waals surface area contributed by atoms with E-state index < -0.39 is 0 Å². The smallest absolute Gasteiger partial charge is 0.0314 e. The van der Waals surface area contributed by atoms with Gasteiger partial charge in [-0.1, -0.05) is 23.8 Å². The summed E-state index contributed by atoms with van der Waals surface area (Å²) in [6.07, 6.45) is 10.5. The standard InChI is InChI=1S/C8H12/c1-2-3-5-8-6-4-7-8/h2-3,5H,4,6-7H2,1H3/b3-2-. The van der Waals surface area contributed by atoms with Crippen LogP contribution in [0.5, 0.6) is 0 Å². The van der Waals surface area contributed by atoms with Crippen LogP contribution >= 0.6 is 0 Å². The van der Waals surface area contributed by atoms with Crippen LogP contribution in [0.25, 0.3) is 0 Å². The fraction of sp³-hybridized carbons (Fsp3) is 0.500. The highest BCUT2D eigenvalue weighted by Gasteiger charge is 2.05. The molecule has 0 saturated heterocycles. The Hall–Kier alpha value is -0.520. The van der Waals surface area contributed by atoms with E-state index in [1.54, 1.807) is 5.57 Å². The molecule has 0 heterocycles. The molecule has 44 valence electrons. The predicted octanol–water partition coefficient (Wildman–Crippen LogP) is 2.67. The Bertz CT molecular complexity index is 112. The van der Waals surface area contributed by atoms with Crippen LogP contribution in [0.2, 0.25) is 0 Å². The zero-order valence-electron chi connectivity index (χ0n) is 5.35. The number of hydrogen-bond acceptors (Lipinski definition) is 0. The van der Waals surface area contributed by atoms with Crippen molar-refractivity contribution < 1.29 is 0 Å². The first kappa shape index (κ1) is 5.61. The van der Waals surface area contributed by atoms with Gasteiger partial charge in [0.25, 0.3) is 0 Å². The SMILES string of the molecule is C/C=C\C=C1CCC1. The molecule has 0 aliphatic heterocycles. The zero-order valence-corrected chi connectivity index (χ0v) is 5.35. The van der Waals surface area contributed by atoms with Gasteiger partial charge in [0, 0.05) is 0 Å². The maximum Gasteiger partial charge on any atom is -0.0314 e. The minimum absolute atomic E-state index is 1.34. The second kappa shape index (κ2) is 2.71. The first-order valence-corrected chi connectivity index (χ1v) is 3.24. The lowest BCUT2D eigenvalue weighted by atomic mass is 9.92. The Kier molecular flexibility index (Phi) is 1.90. The van der Waals surface area contributed by atoms with Crippen LogP contribution < -0.4 is 0 Å². The van der Waals surface area contributed by atoms with E-state index in [1.807, 2.05) is 0 Å². The first-order valence-electron chi connectivity index (χ1n) is 3.24. The quantitative estimate of drug-likeness (QED) is 0.484. The minimum Gasteiger partial charge on any atom is -0.0877 e. The summed E-state index contributed by atoms with van der Waals surface area (Å²) >= 11 is 0. The Morgan fingerprint density at radius 3 is 2.50 bits per heavy atom. The van der Waals surface area contributed by atoms with Crippen molar-refractivity contribution in [1.29, 1.82) is 0 Å². The van der Waals surface area contributed by atoms with Crippen LogP contribution in [0, 0.1) is 0 Å². The fourth-order valence-corrected chi connectivity index (χ4v) is 0.780. The summed E-state index contributed by atoms with van der Waals surface area (Å²) in [7, 11) is 0. The average Bonchev–Trinajstić information content (AvgIpc) is 1.63. The molecule has 0 aromatic carbocycles. The van der Waals surface area contributed by atoms with Gasteiger partial charge < -0.3 is 0 Å². The molecular formula is C8H12. The molecule has 1 aliphatic rings. The van der Waals surface area contributed by atoms with Gasteiger partial charge in [-0.2, -0.15) is 0 Å². The van der Waals surface area contributed by atoms with Gasteiger partial charge in [0.2, 0.25) is 0 Å². The van der Waals surface area contributed by atoms with Gasteiger partial charge in [-0.05, 0) is 26.2 Å². The van der Waals surface area contributed by atoms with Gasteiger partial charge in [-0.15, -0.1) is 0 Å². The molecule has 0 N–H and O–H groups in total. The van der Waals surface area contributed by atoms with Gasteiger partial charge in [-0.3, -0.25) is 0 Å². The maximum absolute atomic E-state index is 2.23. The maximum atomic E-state index is 2.23. The van der Waals surface area contributed by atoms with Crippen molar-refractivity contribution >= 4 is 0 Å². The molecule has 1 rings (SSSR count). The lowest BCUT2D eigenvalue weighted by Gasteiger charge is -2.14. The van der Waals surface area contributed by atoms with Crippen LogP contribution in [-0.2, 0) is 0 Å². The summed E-state index contributed by atoms with van der Waals surface area (Å²) < 4.78 is 0. The van der Waals surface area contributed by atoms with Gasteiger partial charge >= 0.3 is 0 Å². The van der Waals surface area contributed by atoms with Crippen molar-refractivity contribution in [2.75, 3.05) is 0 Å². The van der Waals surface area contributed by atoms with E-state index in [9.17, 15) is 0 Å². The molecule has 0 aromatic rings. The summed E-state index contributed by atoms with van der Waals surface area (Å²) in [5.41, 5.74) is 1.61. The topological polar surface area (TPSA) is 0 Å². The molecule has 0 spiro atoms. The molecule has 0 unspecified atom stereocenters. The van der Waals surface area contributed by atoms with Crippen LogP contribution in [-0.4, -0.2) is 0 Å². The van der Waals surface area contributed by atoms with Crippen molar-refractivity contribution in [1.82, 2.24) is 0 Å². The molecule has 1 fully saturated rings. The first-order chi connectivity index (χ1) is 3.93. The van der Waals surface area contributed by atoms with E-state index in [0.717, 1.165) is 0 Å². The summed E-state index contributed by atoms with van der Waals surface area (Å²) in [6.45, 7) is 2.05. The second-order valence-electron chi connectivity index (χ2n) is 2.20. The Balaban J connectivity index is 2.31. The Morgan fingerprint density at radius 1 is 1.38 bits per heavy atom. The second-order valence-corrected chi connectivity index (χ2v) is 2.20. The monoisotopic (exact) mass is 108 g/mol. The zero-order chi connectivity index (χ0) is 5.82. The average molecular weight is 108 g/mol. The van der Waals surface area contributed by atoms with Crippen molar-refractivity contribution in [3.8, 4) is 0 Å². The van der Waals surface area contributed by atoms with Crippen LogP contribution in [0.15, 0.2) is 23.8 Å². The van der Waals surface area contributed by atoms with Crippen molar-refractivity contribution in [3.63, 3.8) is 0 Å².